The van der Waals surface area contributed by atoms with Gasteiger partial charge in [-0.3, -0.25) is 9.59 Å². The van der Waals surface area contributed by atoms with Gasteiger partial charge in [0.2, 0.25) is 5.78 Å². The minimum Gasteiger partial charge on any atom is -0.465 e. The molecule has 1 atom stereocenters. The number of amides is 1. The molecule has 1 amide bonds. The number of rotatable bonds is 8. The van der Waals surface area contributed by atoms with Crippen LogP contribution < -0.4 is 4.72 Å². The maximum Gasteiger partial charge on any atom is 0.340 e. The van der Waals surface area contributed by atoms with Crippen molar-refractivity contribution in [1.29, 1.82) is 0 Å². The van der Waals surface area contributed by atoms with Gasteiger partial charge in [0.1, 0.15) is 4.21 Å². The molecule has 2 heterocycles. The van der Waals surface area contributed by atoms with Gasteiger partial charge in [0.25, 0.3) is 15.9 Å². The Kier molecular flexibility index (Phi) is 7.71. The molecule has 1 aromatic carbocycles. The number of fused-ring (bicyclic) bond motifs is 1. The number of carbonyl (C=O) groups excluding carboxylic acids is 3. The number of benzene rings is 1. The largest absolute Gasteiger partial charge is 0.465 e. The van der Waals surface area contributed by atoms with Crippen LogP contribution in [-0.2, 0) is 43.9 Å². The molecular formula is C23H28N2O6S2. The molecule has 0 saturated heterocycles. The van der Waals surface area contributed by atoms with Crippen LogP contribution in [0.3, 0.4) is 0 Å². The van der Waals surface area contributed by atoms with E-state index in [0.29, 0.717) is 16.9 Å². The summed E-state index contributed by atoms with van der Waals surface area (Å²) >= 11 is 0.941. The zero-order valence-electron chi connectivity index (χ0n) is 19.1. The van der Waals surface area contributed by atoms with E-state index in [-0.39, 0.29) is 41.7 Å². The summed E-state index contributed by atoms with van der Waals surface area (Å²) in [7, 11) is -2.82. The van der Waals surface area contributed by atoms with E-state index in [0.717, 1.165) is 22.5 Å². The first-order chi connectivity index (χ1) is 15.6. The van der Waals surface area contributed by atoms with Crippen LogP contribution in [0.5, 0.6) is 0 Å². The standard InChI is InChI=1S/C23H28N2O6S2/c1-5-15(3)20(26)21(27)25-11-10-17-18(13-25)32-23(19(17)22(28)31-4)33(29,30)24-12-16-8-6-14(2)7-9-16/h6-9,15,24H,5,10-13H2,1-4H3/t15-/m1/s1. The Balaban J connectivity index is 1.90. The maximum absolute atomic E-state index is 13.1. The lowest BCUT2D eigenvalue weighted by molar-refractivity contribution is -0.147. The number of methoxy groups -OCH3 is 1. The lowest BCUT2D eigenvalue weighted by Crippen LogP contribution is -2.41. The first kappa shape index (κ1) is 25.1. The Morgan fingerprint density at radius 2 is 1.88 bits per heavy atom. The molecule has 0 radical (unpaired) electrons. The van der Waals surface area contributed by atoms with Gasteiger partial charge in [0, 0.05) is 23.9 Å². The maximum atomic E-state index is 13.1. The normalized spacial score (nSPS) is 14.5. The van der Waals surface area contributed by atoms with Crippen molar-refractivity contribution < 1.29 is 27.5 Å². The van der Waals surface area contributed by atoms with E-state index in [1.807, 2.05) is 38.1 Å². The van der Waals surface area contributed by atoms with Gasteiger partial charge in [-0.1, -0.05) is 43.7 Å². The van der Waals surface area contributed by atoms with Crippen LogP contribution in [0.25, 0.3) is 0 Å². The van der Waals surface area contributed by atoms with Crippen LogP contribution in [0.2, 0.25) is 0 Å². The third kappa shape index (κ3) is 5.34. The topological polar surface area (TPSA) is 110 Å². The highest BCUT2D eigenvalue weighted by Crippen LogP contribution is 2.37. The molecule has 0 aliphatic carbocycles. The molecule has 8 nitrogen and oxygen atoms in total. The smallest absolute Gasteiger partial charge is 0.340 e. The van der Waals surface area contributed by atoms with Crippen LogP contribution in [0.1, 0.15) is 52.2 Å². The summed E-state index contributed by atoms with van der Waals surface area (Å²) in [5.74, 6) is -2.16. The Hall–Kier alpha value is -2.56. The highest BCUT2D eigenvalue weighted by atomic mass is 32.2. The number of ketones is 1. The average Bonchev–Trinajstić information content (AvgIpc) is 3.21. The fourth-order valence-electron chi connectivity index (χ4n) is 3.55. The quantitative estimate of drug-likeness (QED) is 0.448. The molecule has 0 unspecified atom stereocenters. The summed E-state index contributed by atoms with van der Waals surface area (Å²) < 4.78 is 33.6. The SMILES string of the molecule is CC[C@@H](C)C(=O)C(=O)N1CCc2c(sc(S(=O)(=O)NCc3ccc(C)cc3)c2C(=O)OC)C1. The van der Waals surface area contributed by atoms with Crippen molar-refractivity contribution in [2.45, 2.75) is 50.9 Å². The summed E-state index contributed by atoms with van der Waals surface area (Å²) in [5.41, 5.74) is 2.41. The Labute approximate surface area is 198 Å². The molecule has 1 N–H and O–H groups in total. The molecule has 10 heteroatoms. The fourth-order valence-corrected chi connectivity index (χ4v) is 6.51. The third-order valence-electron chi connectivity index (χ3n) is 5.80. The van der Waals surface area contributed by atoms with Crippen LogP contribution in [0.15, 0.2) is 28.5 Å². The molecule has 1 aromatic heterocycles. The number of esters is 1. The molecule has 33 heavy (non-hydrogen) atoms. The van der Waals surface area contributed by atoms with Crippen molar-refractivity contribution in [2.24, 2.45) is 5.92 Å². The van der Waals surface area contributed by atoms with Crippen molar-refractivity contribution in [1.82, 2.24) is 9.62 Å². The molecule has 2 aromatic rings. The second-order valence-corrected chi connectivity index (χ2v) is 11.2. The average molecular weight is 493 g/mol. The number of nitrogens with one attached hydrogen (secondary N) is 1. The van der Waals surface area contributed by atoms with E-state index in [4.69, 9.17) is 4.74 Å². The van der Waals surface area contributed by atoms with E-state index in [2.05, 4.69) is 4.72 Å². The van der Waals surface area contributed by atoms with Gasteiger partial charge in [0.05, 0.1) is 19.2 Å². The van der Waals surface area contributed by atoms with E-state index >= 15 is 0 Å². The fraction of sp³-hybridized carbons (Fsp3) is 0.435. The molecular weight excluding hydrogens is 464 g/mol. The number of Topliss-reactive ketones (excluding diaryl/α,β-unsaturated/α-hetero) is 1. The van der Waals surface area contributed by atoms with Crippen LogP contribution >= 0.6 is 11.3 Å². The summed E-state index contributed by atoms with van der Waals surface area (Å²) in [5, 5.41) is 0. The van der Waals surface area contributed by atoms with E-state index in [1.165, 1.54) is 12.0 Å². The summed E-state index contributed by atoms with van der Waals surface area (Å²) in [6.07, 6.45) is 0.827. The molecule has 1 aliphatic heterocycles. The predicted molar refractivity (Wildman–Crippen MR) is 124 cm³/mol. The Morgan fingerprint density at radius 3 is 2.48 bits per heavy atom. The first-order valence-corrected chi connectivity index (χ1v) is 13.0. The zero-order chi connectivity index (χ0) is 24.3. The minimum atomic E-state index is -4.02. The molecule has 0 fully saturated rings. The number of ether oxygens (including phenoxy) is 1. The van der Waals surface area contributed by atoms with Crippen molar-refractivity contribution in [3.63, 3.8) is 0 Å². The van der Waals surface area contributed by atoms with Crippen molar-refractivity contribution in [3.05, 3.63) is 51.4 Å². The van der Waals surface area contributed by atoms with E-state index < -0.39 is 27.7 Å². The van der Waals surface area contributed by atoms with Crippen LogP contribution in [0.4, 0.5) is 0 Å². The number of thiophene rings is 1. The molecule has 178 valence electrons. The summed E-state index contributed by atoms with van der Waals surface area (Å²) in [4.78, 5) is 39.5. The Bertz CT molecular complexity index is 1170. The van der Waals surface area contributed by atoms with Gasteiger partial charge < -0.3 is 9.64 Å². The summed E-state index contributed by atoms with van der Waals surface area (Å²) in [6.45, 7) is 5.87. The van der Waals surface area contributed by atoms with Crippen LogP contribution in [0, 0.1) is 12.8 Å². The number of sulfonamides is 1. The minimum absolute atomic E-state index is 0.00857. The summed E-state index contributed by atoms with van der Waals surface area (Å²) in [6, 6.07) is 7.44. The highest BCUT2D eigenvalue weighted by molar-refractivity contribution is 7.91. The second-order valence-electron chi connectivity index (χ2n) is 8.12. The second kappa shape index (κ2) is 10.1. The molecule has 3 rings (SSSR count). The highest BCUT2D eigenvalue weighted by Gasteiger charge is 2.36. The molecule has 0 bridgehead atoms. The number of nitrogens with zero attached hydrogens (tertiary/aromatic N) is 1. The predicted octanol–water partition coefficient (Wildman–Crippen LogP) is 2.82. The first-order valence-electron chi connectivity index (χ1n) is 10.7. The Morgan fingerprint density at radius 1 is 1.21 bits per heavy atom. The van der Waals surface area contributed by atoms with Gasteiger partial charge in [-0.25, -0.2) is 17.9 Å². The monoisotopic (exact) mass is 492 g/mol. The molecule has 0 saturated carbocycles. The van der Waals surface area contributed by atoms with Crippen molar-refractivity contribution in [3.8, 4) is 0 Å². The molecule has 0 spiro atoms. The zero-order valence-corrected chi connectivity index (χ0v) is 20.8. The third-order valence-corrected chi connectivity index (χ3v) is 8.94. The van der Waals surface area contributed by atoms with E-state index in [1.54, 1.807) is 6.92 Å². The van der Waals surface area contributed by atoms with Crippen molar-refractivity contribution >= 4 is 39.0 Å². The van der Waals surface area contributed by atoms with Gasteiger partial charge in [-0.2, -0.15) is 0 Å². The number of carbonyl (C=O) groups is 3. The van der Waals surface area contributed by atoms with Crippen LogP contribution in [-0.4, -0.2) is 44.6 Å². The van der Waals surface area contributed by atoms with Gasteiger partial charge >= 0.3 is 5.97 Å². The lowest BCUT2D eigenvalue weighted by atomic mass is 10.00. The molecule has 1 aliphatic rings. The number of hydrogen-bond donors (Lipinski definition) is 1. The van der Waals surface area contributed by atoms with Gasteiger partial charge in [-0.15, -0.1) is 11.3 Å². The van der Waals surface area contributed by atoms with Gasteiger partial charge in [-0.05, 0) is 30.9 Å². The number of aryl methyl sites for hydroxylation is 1. The van der Waals surface area contributed by atoms with Crippen molar-refractivity contribution in [2.75, 3.05) is 13.7 Å². The van der Waals surface area contributed by atoms with E-state index in [9.17, 15) is 22.8 Å². The van der Waals surface area contributed by atoms with Gasteiger partial charge in [0.15, 0.2) is 0 Å². The lowest BCUT2D eigenvalue weighted by Gasteiger charge is -2.27. The number of hydrogen-bond acceptors (Lipinski definition) is 7.